The number of para-hydroxylation sites is 4. The van der Waals surface area contributed by atoms with Crippen molar-refractivity contribution in [3.8, 4) is 39.7 Å². The molecule has 0 bridgehead atoms. The summed E-state index contributed by atoms with van der Waals surface area (Å²) in [6, 6.07) is 44.3. The van der Waals surface area contributed by atoms with Crippen LogP contribution in [0.2, 0.25) is 0 Å². The first-order valence-corrected chi connectivity index (χ1v) is 15.6. The van der Waals surface area contributed by atoms with Crippen LogP contribution < -0.4 is 0 Å². The van der Waals surface area contributed by atoms with Gasteiger partial charge in [-0.05, 0) is 89.0 Å². The summed E-state index contributed by atoms with van der Waals surface area (Å²) in [4.78, 5) is 9.63. The van der Waals surface area contributed by atoms with Crippen LogP contribution in [0.3, 0.4) is 0 Å². The lowest BCUT2D eigenvalue weighted by Crippen LogP contribution is -2.18. The first-order valence-electron chi connectivity index (χ1n) is 15.6. The number of hydrogen-bond donors (Lipinski definition) is 0. The van der Waals surface area contributed by atoms with Crippen molar-refractivity contribution in [2.24, 2.45) is 0 Å². The van der Waals surface area contributed by atoms with Gasteiger partial charge < -0.3 is 13.4 Å². The first kappa shape index (κ1) is 25.4. The molecule has 0 unspecified atom stereocenters. The van der Waals surface area contributed by atoms with E-state index in [4.69, 9.17) is 18.8 Å². The largest absolute Gasteiger partial charge is 0.436 e. The summed E-state index contributed by atoms with van der Waals surface area (Å²) in [6.45, 7) is 4.68. The predicted octanol–water partition coefficient (Wildman–Crippen LogP) is 10.7. The molecule has 3 heterocycles. The molecule has 0 spiro atoms. The first-order chi connectivity index (χ1) is 22.5. The van der Waals surface area contributed by atoms with Gasteiger partial charge in [-0.3, -0.25) is 0 Å². The molecule has 1 aliphatic carbocycles. The molecule has 0 N–H and O–H groups in total. The molecule has 0 amide bonds. The lowest BCUT2D eigenvalue weighted by molar-refractivity contribution is 0.619. The summed E-state index contributed by atoms with van der Waals surface area (Å²) in [5, 5.41) is 2.22. The van der Waals surface area contributed by atoms with Crippen LogP contribution in [-0.2, 0) is 5.41 Å². The Kier molecular flexibility index (Phi) is 5.00. The predicted molar refractivity (Wildman–Crippen MR) is 184 cm³/mol. The van der Waals surface area contributed by atoms with E-state index in [1.807, 2.05) is 48.5 Å². The SMILES string of the molecule is CC1(C)c2ccccc2-c2cccc(-n3c4ccc(-c5nc6ccccc6o5)cc4c4cc(-c5nc6ccccc6o5)ccc43)c21. The Hall–Kier alpha value is -5.94. The molecule has 218 valence electrons. The molecular formula is C41H27N3O2. The highest BCUT2D eigenvalue weighted by atomic mass is 16.4. The van der Waals surface area contributed by atoms with Crippen molar-refractivity contribution in [2.75, 3.05) is 0 Å². The molecule has 1 aliphatic rings. The van der Waals surface area contributed by atoms with Crippen LogP contribution >= 0.6 is 0 Å². The second-order valence-electron chi connectivity index (χ2n) is 12.6. The van der Waals surface area contributed by atoms with Crippen molar-refractivity contribution in [3.05, 3.63) is 139 Å². The van der Waals surface area contributed by atoms with Crippen molar-refractivity contribution in [2.45, 2.75) is 19.3 Å². The fourth-order valence-electron chi connectivity index (χ4n) is 7.55. The third kappa shape index (κ3) is 3.45. The van der Waals surface area contributed by atoms with Gasteiger partial charge in [0, 0.05) is 27.3 Å². The lowest BCUT2D eigenvalue weighted by Gasteiger charge is -2.25. The van der Waals surface area contributed by atoms with E-state index in [1.165, 1.54) is 27.9 Å². The normalized spacial score (nSPS) is 13.6. The topological polar surface area (TPSA) is 57.0 Å². The maximum absolute atomic E-state index is 6.21. The second-order valence-corrected chi connectivity index (χ2v) is 12.6. The van der Waals surface area contributed by atoms with Gasteiger partial charge in [-0.25, -0.2) is 9.97 Å². The molecule has 0 radical (unpaired) electrons. The Morgan fingerprint density at radius 3 is 1.70 bits per heavy atom. The van der Waals surface area contributed by atoms with E-state index in [-0.39, 0.29) is 5.41 Å². The molecule has 3 aromatic heterocycles. The molecule has 5 nitrogen and oxygen atoms in total. The van der Waals surface area contributed by atoms with Crippen LogP contribution in [0.5, 0.6) is 0 Å². The van der Waals surface area contributed by atoms with Crippen molar-refractivity contribution in [1.82, 2.24) is 14.5 Å². The van der Waals surface area contributed by atoms with Crippen LogP contribution in [0.25, 0.3) is 83.7 Å². The minimum Gasteiger partial charge on any atom is -0.436 e. The molecule has 46 heavy (non-hydrogen) atoms. The quantitative estimate of drug-likeness (QED) is 0.204. The van der Waals surface area contributed by atoms with E-state index >= 15 is 0 Å². The van der Waals surface area contributed by atoms with Crippen LogP contribution in [-0.4, -0.2) is 14.5 Å². The smallest absolute Gasteiger partial charge is 0.227 e. The molecule has 0 fully saturated rings. The van der Waals surface area contributed by atoms with Crippen LogP contribution in [0.15, 0.2) is 136 Å². The minimum absolute atomic E-state index is 0.165. The van der Waals surface area contributed by atoms with Gasteiger partial charge in [-0.15, -0.1) is 0 Å². The molecular weight excluding hydrogens is 566 g/mol. The summed E-state index contributed by atoms with van der Waals surface area (Å²) >= 11 is 0. The number of nitrogens with zero attached hydrogens (tertiary/aromatic N) is 3. The molecule has 0 aliphatic heterocycles. The van der Waals surface area contributed by atoms with Gasteiger partial charge >= 0.3 is 0 Å². The summed E-state index contributed by atoms with van der Waals surface area (Å²) < 4.78 is 14.8. The van der Waals surface area contributed by atoms with Crippen LogP contribution in [0, 0.1) is 0 Å². The fourth-order valence-corrected chi connectivity index (χ4v) is 7.55. The van der Waals surface area contributed by atoms with Gasteiger partial charge in [0.25, 0.3) is 0 Å². The van der Waals surface area contributed by atoms with Crippen molar-refractivity contribution >= 4 is 44.0 Å². The zero-order valence-electron chi connectivity index (χ0n) is 25.3. The molecule has 10 rings (SSSR count). The van der Waals surface area contributed by atoms with Gasteiger partial charge in [0.05, 0.1) is 16.7 Å². The number of aromatic nitrogens is 3. The number of benzene rings is 6. The van der Waals surface area contributed by atoms with E-state index in [1.54, 1.807) is 0 Å². The van der Waals surface area contributed by atoms with Gasteiger partial charge in [-0.1, -0.05) is 74.5 Å². The van der Waals surface area contributed by atoms with E-state index in [0.29, 0.717) is 11.8 Å². The number of rotatable bonds is 3. The Bertz CT molecular complexity index is 2490. The van der Waals surface area contributed by atoms with Gasteiger partial charge in [0.1, 0.15) is 11.0 Å². The van der Waals surface area contributed by atoms with E-state index < -0.39 is 0 Å². The highest BCUT2D eigenvalue weighted by Gasteiger charge is 2.38. The Morgan fingerprint density at radius 2 is 1.09 bits per heavy atom. The van der Waals surface area contributed by atoms with Gasteiger partial charge in [0.2, 0.25) is 11.8 Å². The van der Waals surface area contributed by atoms with Gasteiger partial charge in [0.15, 0.2) is 11.2 Å². The fraction of sp³-hybridized carbons (Fsp3) is 0.0732. The molecule has 6 aromatic carbocycles. The summed E-state index contributed by atoms with van der Waals surface area (Å²) in [5.74, 6) is 1.22. The van der Waals surface area contributed by atoms with E-state index in [9.17, 15) is 0 Å². The van der Waals surface area contributed by atoms with Crippen molar-refractivity contribution in [1.29, 1.82) is 0 Å². The molecule has 0 saturated carbocycles. The molecule has 5 heteroatoms. The number of hydrogen-bond acceptors (Lipinski definition) is 4. The summed E-state index contributed by atoms with van der Waals surface area (Å²) in [7, 11) is 0. The maximum Gasteiger partial charge on any atom is 0.227 e. The Morgan fingerprint density at radius 1 is 0.543 bits per heavy atom. The minimum atomic E-state index is -0.165. The molecule has 9 aromatic rings. The zero-order valence-corrected chi connectivity index (χ0v) is 25.3. The summed E-state index contributed by atoms with van der Waals surface area (Å²) in [6.07, 6.45) is 0. The van der Waals surface area contributed by atoms with E-state index in [2.05, 4.69) is 97.3 Å². The highest BCUT2D eigenvalue weighted by molar-refractivity contribution is 6.12. The average molecular weight is 594 g/mol. The van der Waals surface area contributed by atoms with Gasteiger partial charge in [-0.2, -0.15) is 0 Å². The maximum atomic E-state index is 6.21. The van der Waals surface area contributed by atoms with Crippen molar-refractivity contribution in [3.63, 3.8) is 0 Å². The molecule has 0 saturated heterocycles. The van der Waals surface area contributed by atoms with Crippen molar-refractivity contribution < 1.29 is 8.83 Å². The highest BCUT2D eigenvalue weighted by Crippen LogP contribution is 2.52. The van der Waals surface area contributed by atoms with Crippen LogP contribution in [0.4, 0.5) is 0 Å². The van der Waals surface area contributed by atoms with E-state index in [0.717, 1.165) is 55.1 Å². The second kappa shape index (κ2) is 9.05. The third-order valence-electron chi connectivity index (χ3n) is 9.65. The third-order valence-corrected chi connectivity index (χ3v) is 9.65. The zero-order chi connectivity index (χ0) is 30.6. The number of oxazole rings is 2. The Labute approximate surface area is 264 Å². The molecule has 0 atom stereocenters. The number of fused-ring (bicyclic) bond motifs is 8. The van der Waals surface area contributed by atoms with Crippen LogP contribution in [0.1, 0.15) is 25.0 Å². The standard InChI is InChI=1S/C41H27N3O2/c1-41(2)30-12-4-3-10-26(30)27-11-9-15-35(38(27)41)44-33-20-18-24(39-42-31-13-5-7-16-36(31)45-39)22-28(33)29-23-25(19-21-34(29)44)40-43-32-14-6-8-17-37(32)46-40/h3-23H,1-2H3. The lowest BCUT2D eigenvalue weighted by atomic mass is 9.81. The Balaban J connectivity index is 1.26. The average Bonchev–Trinajstić information content (AvgIpc) is 3.85. The monoisotopic (exact) mass is 593 g/mol. The summed E-state index contributed by atoms with van der Waals surface area (Å²) in [5.41, 5.74) is 13.7.